The number of benzene rings is 1. The molecule has 0 fully saturated rings. The Morgan fingerprint density at radius 1 is 0.382 bits per heavy atom. The van der Waals surface area contributed by atoms with Crippen molar-refractivity contribution in [1.29, 1.82) is 0 Å². The summed E-state index contributed by atoms with van der Waals surface area (Å²) in [6, 6.07) is 9.68. The van der Waals surface area contributed by atoms with Crippen molar-refractivity contribution >= 4 is 22.6 Å². The van der Waals surface area contributed by atoms with Gasteiger partial charge in [-0.1, -0.05) is 40.8 Å². The minimum atomic E-state index is 0.525. The topological polar surface area (TPSA) is 83.1 Å². The van der Waals surface area contributed by atoms with Crippen molar-refractivity contribution in [2.75, 3.05) is 117 Å². The van der Waals surface area contributed by atoms with E-state index in [9.17, 15) is 0 Å². The van der Waals surface area contributed by atoms with Crippen molar-refractivity contribution in [2.45, 2.75) is 0 Å². The fourth-order valence-corrected chi connectivity index (χ4v) is 2.74. The smallest absolute Gasteiger partial charge is 0.119 e. The molecule has 0 spiro atoms. The van der Waals surface area contributed by atoms with Gasteiger partial charge in [-0.05, 0) is 12.1 Å². The Morgan fingerprint density at radius 2 is 0.676 bits per heavy atom. The molecule has 0 aromatic heterocycles. The van der Waals surface area contributed by atoms with Crippen LogP contribution in [0.1, 0.15) is 0 Å². The van der Waals surface area contributed by atoms with Crippen LogP contribution < -0.4 is 4.74 Å². The maximum atomic E-state index is 5.54. The molecule has 0 atom stereocenters. The number of hydrogen-bond acceptors (Lipinski definition) is 9. The van der Waals surface area contributed by atoms with Crippen LogP contribution in [0.15, 0.2) is 30.3 Å². The van der Waals surface area contributed by atoms with Crippen LogP contribution in [-0.2, 0) is 37.9 Å². The average Bonchev–Trinajstić information content (AvgIpc) is 2.87. The Balaban J connectivity index is 1.64. The highest BCUT2D eigenvalue weighted by molar-refractivity contribution is 14.1. The predicted octanol–water partition coefficient (Wildman–Crippen LogP) is 2.63. The van der Waals surface area contributed by atoms with Crippen LogP contribution in [0.2, 0.25) is 0 Å². The molecule has 9 nitrogen and oxygen atoms in total. The molecular weight excluding hydrogens is 559 g/mol. The Hall–Kier alpha value is -0.570. The third-order valence-corrected chi connectivity index (χ3v) is 4.51. The summed E-state index contributed by atoms with van der Waals surface area (Å²) in [6.07, 6.45) is 0. The minimum absolute atomic E-state index is 0.525. The van der Waals surface area contributed by atoms with Gasteiger partial charge in [-0.15, -0.1) is 0 Å². The maximum absolute atomic E-state index is 5.54. The van der Waals surface area contributed by atoms with Gasteiger partial charge in [0, 0.05) is 4.43 Å². The monoisotopic (exact) mass is 600 g/mol. The highest BCUT2D eigenvalue weighted by Crippen LogP contribution is 2.07. The van der Waals surface area contributed by atoms with Gasteiger partial charge in [0.15, 0.2) is 0 Å². The van der Waals surface area contributed by atoms with E-state index in [0.29, 0.717) is 106 Å². The number of hydrogen-bond donors (Lipinski definition) is 0. The molecule has 0 unspecified atom stereocenters. The summed E-state index contributed by atoms with van der Waals surface area (Å²) >= 11 is 2.28. The Bertz CT molecular complexity index is 510. The molecular formula is C24H41IO9. The summed E-state index contributed by atoms with van der Waals surface area (Å²) in [5, 5.41) is 0. The molecule has 0 bridgehead atoms. The fraction of sp³-hybridized carbons (Fsp3) is 0.750. The van der Waals surface area contributed by atoms with E-state index >= 15 is 0 Å². The number of para-hydroxylation sites is 1. The van der Waals surface area contributed by atoms with Gasteiger partial charge in [0.25, 0.3) is 0 Å². The molecule has 10 heteroatoms. The molecule has 0 amide bonds. The Labute approximate surface area is 217 Å². The van der Waals surface area contributed by atoms with E-state index in [1.54, 1.807) is 0 Å². The van der Waals surface area contributed by atoms with E-state index in [0.717, 1.165) is 16.8 Å². The van der Waals surface area contributed by atoms with Crippen LogP contribution in [0.4, 0.5) is 0 Å². The number of alkyl halides is 1. The minimum Gasteiger partial charge on any atom is -0.491 e. The van der Waals surface area contributed by atoms with Gasteiger partial charge in [-0.25, -0.2) is 0 Å². The molecule has 1 aromatic rings. The van der Waals surface area contributed by atoms with E-state index in [-0.39, 0.29) is 0 Å². The Morgan fingerprint density at radius 3 is 1.00 bits per heavy atom. The highest BCUT2D eigenvalue weighted by Gasteiger charge is 1.96. The number of rotatable bonds is 27. The van der Waals surface area contributed by atoms with Crippen molar-refractivity contribution in [3.8, 4) is 5.75 Å². The van der Waals surface area contributed by atoms with Gasteiger partial charge in [0.1, 0.15) is 12.4 Å². The van der Waals surface area contributed by atoms with Crippen LogP contribution in [-0.4, -0.2) is 117 Å². The normalized spacial score (nSPS) is 11.2. The van der Waals surface area contributed by atoms with Crippen molar-refractivity contribution in [3.05, 3.63) is 30.3 Å². The quantitative estimate of drug-likeness (QED) is 0.0861. The third kappa shape index (κ3) is 23.2. The van der Waals surface area contributed by atoms with E-state index < -0.39 is 0 Å². The average molecular weight is 600 g/mol. The first kappa shape index (κ1) is 31.5. The van der Waals surface area contributed by atoms with Crippen molar-refractivity contribution in [3.63, 3.8) is 0 Å². The van der Waals surface area contributed by atoms with Gasteiger partial charge in [-0.2, -0.15) is 0 Å². The third-order valence-electron chi connectivity index (χ3n) is 4.07. The summed E-state index contributed by atoms with van der Waals surface area (Å²) in [5.41, 5.74) is 0. The van der Waals surface area contributed by atoms with E-state index in [2.05, 4.69) is 22.6 Å². The summed E-state index contributed by atoms with van der Waals surface area (Å²) in [6.45, 7) is 9.55. The molecule has 34 heavy (non-hydrogen) atoms. The molecule has 1 aromatic carbocycles. The van der Waals surface area contributed by atoms with Crippen LogP contribution in [0.25, 0.3) is 0 Å². The van der Waals surface area contributed by atoms with E-state index in [1.807, 2.05) is 30.3 Å². The largest absolute Gasteiger partial charge is 0.491 e. The van der Waals surface area contributed by atoms with Gasteiger partial charge >= 0.3 is 0 Å². The predicted molar refractivity (Wildman–Crippen MR) is 137 cm³/mol. The zero-order valence-corrected chi connectivity index (χ0v) is 22.3. The number of ether oxygens (including phenoxy) is 9. The standard InChI is InChI=1S/C24H41IO9/c25-6-7-26-8-9-27-10-11-28-12-13-29-14-15-30-16-17-31-18-19-32-20-21-33-22-23-34-24-4-2-1-3-5-24/h1-5H,6-23H2. The molecule has 0 aliphatic heterocycles. The highest BCUT2D eigenvalue weighted by atomic mass is 127. The zero-order valence-electron chi connectivity index (χ0n) is 20.2. The first-order chi connectivity index (χ1) is 16.9. The molecule has 0 radical (unpaired) electrons. The lowest BCUT2D eigenvalue weighted by Crippen LogP contribution is -2.15. The van der Waals surface area contributed by atoms with Gasteiger partial charge in [0.05, 0.1) is 106 Å². The van der Waals surface area contributed by atoms with E-state index in [1.165, 1.54) is 0 Å². The van der Waals surface area contributed by atoms with Gasteiger partial charge in [0.2, 0.25) is 0 Å². The van der Waals surface area contributed by atoms with Crippen molar-refractivity contribution < 1.29 is 42.6 Å². The second kappa shape index (κ2) is 27.0. The summed E-state index contributed by atoms with van der Waals surface area (Å²) in [4.78, 5) is 0. The van der Waals surface area contributed by atoms with Crippen LogP contribution in [0.5, 0.6) is 5.75 Å². The van der Waals surface area contributed by atoms with Crippen molar-refractivity contribution in [2.24, 2.45) is 0 Å². The molecule has 0 aliphatic carbocycles. The SMILES string of the molecule is ICCOCCOCCOCCOCCOCCOCCOCCOCCOc1ccccc1. The Kier molecular flexibility index (Phi) is 25.0. The molecule has 0 saturated carbocycles. The second-order valence-corrected chi connectivity index (χ2v) is 7.83. The summed E-state index contributed by atoms with van der Waals surface area (Å²) < 4.78 is 49.9. The lowest BCUT2D eigenvalue weighted by Gasteiger charge is -2.09. The van der Waals surface area contributed by atoms with Gasteiger partial charge in [-0.3, -0.25) is 0 Å². The molecule has 0 aliphatic rings. The molecule has 1 rings (SSSR count). The van der Waals surface area contributed by atoms with Crippen LogP contribution in [0.3, 0.4) is 0 Å². The lowest BCUT2D eigenvalue weighted by molar-refractivity contribution is -0.0233. The van der Waals surface area contributed by atoms with Crippen LogP contribution in [0, 0.1) is 0 Å². The van der Waals surface area contributed by atoms with Gasteiger partial charge < -0.3 is 42.6 Å². The van der Waals surface area contributed by atoms with Crippen LogP contribution >= 0.6 is 22.6 Å². The number of halogens is 1. The lowest BCUT2D eigenvalue weighted by atomic mass is 10.3. The summed E-state index contributed by atoms with van der Waals surface area (Å²) in [7, 11) is 0. The second-order valence-electron chi connectivity index (χ2n) is 6.75. The fourth-order valence-electron chi connectivity index (χ4n) is 2.43. The maximum Gasteiger partial charge on any atom is 0.119 e. The molecule has 0 N–H and O–H groups in total. The molecule has 0 saturated heterocycles. The zero-order chi connectivity index (χ0) is 24.2. The summed E-state index contributed by atoms with van der Waals surface area (Å²) in [5.74, 6) is 0.850. The van der Waals surface area contributed by atoms with Crippen molar-refractivity contribution in [1.82, 2.24) is 0 Å². The van der Waals surface area contributed by atoms with E-state index in [4.69, 9.17) is 42.6 Å². The first-order valence-electron chi connectivity index (χ1n) is 11.8. The molecule has 0 heterocycles. The first-order valence-corrected chi connectivity index (χ1v) is 13.3. The molecule has 198 valence electrons.